The van der Waals surface area contributed by atoms with Crippen LogP contribution < -0.4 is 0 Å². The molecular formula is C25H14N2O4. The zero-order valence-electron chi connectivity index (χ0n) is 16.1. The highest BCUT2D eigenvalue weighted by molar-refractivity contribution is 5.95. The molecule has 6 heteroatoms. The SMILES string of the molecule is O=[N+]([O-])c1ccc2c(c1)C1(c3ccccc3-2)c2ccccc2-c2ccc([N+](=O)[O-])cc21. The van der Waals surface area contributed by atoms with Crippen molar-refractivity contribution >= 4 is 11.4 Å². The van der Waals surface area contributed by atoms with Gasteiger partial charge in [0.1, 0.15) is 0 Å². The summed E-state index contributed by atoms with van der Waals surface area (Å²) in [5, 5.41) is 23.3. The van der Waals surface area contributed by atoms with Gasteiger partial charge in [-0.15, -0.1) is 0 Å². The monoisotopic (exact) mass is 406 g/mol. The molecule has 0 radical (unpaired) electrons. The summed E-state index contributed by atoms with van der Waals surface area (Å²) in [5.41, 5.74) is 6.51. The molecule has 0 amide bonds. The van der Waals surface area contributed by atoms with Gasteiger partial charge in [-0.2, -0.15) is 0 Å². The van der Waals surface area contributed by atoms with E-state index >= 15 is 0 Å². The van der Waals surface area contributed by atoms with E-state index in [4.69, 9.17) is 0 Å². The molecule has 0 unspecified atom stereocenters. The molecule has 0 saturated heterocycles. The van der Waals surface area contributed by atoms with Crippen LogP contribution in [0.25, 0.3) is 22.3 Å². The largest absolute Gasteiger partial charge is 0.269 e. The molecule has 2 aliphatic carbocycles. The summed E-state index contributed by atoms with van der Waals surface area (Å²) in [7, 11) is 0. The first kappa shape index (κ1) is 17.5. The molecule has 0 bridgehead atoms. The third kappa shape index (κ3) is 2.06. The molecule has 148 valence electrons. The van der Waals surface area contributed by atoms with Gasteiger partial charge in [0.2, 0.25) is 0 Å². The molecule has 0 fully saturated rings. The zero-order valence-corrected chi connectivity index (χ0v) is 16.1. The van der Waals surface area contributed by atoms with Crippen LogP contribution in [0.3, 0.4) is 0 Å². The lowest BCUT2D eigenvalue weighted by Gasteiger charge is -2.30. The number of rotatable bonds is 2. The molecule has 0 aliphatic heterocycles. The van der Waals surface area contributed by atoms with Crippen molar-refractivity contribution in [3.8, 4) is 22.3 Å². The van der Waals surface area contributed by atoms with E-state index in [0.29, 0.717) is 0 Å². The normalized spacial score (nSPS) is 13.9. The summed E-state index contributed by atoms with van der Waals surface area (Å²) in [4.78, 5) is 22.5. The Bertz CT molecular complexity index is 1350. The maximum atomic E-state index is 11.6. The van der Waals surface area contributed by atoms with Crippen LogP contribution in [0.15, 0.2) is 84.9 Å². The van der Waals surface area contributed by atoms with Crippen molar-refractivity contribution in [2.75, 3.05) is 0 Å². The van der Waals surface area contributed by atoms with Crippen LogP contribution in [0.4, 0.5) is 11.4 Å². The van der Waals surface area contributed by atoms with Crippen LogP contribution in [0, 0.1) is 20.2 Å². The minimum atomic E-state index is -0.837. The number of non-ortho nitro benzene ring substituents is 2. The van der Waals surface area contributed by atoms with Crippen LogP contribution in [0.1, 0.15) is 22.3 Å². The average molecular weight is 406 g/mol. The molecule has 0 N–H and O–H groups in total. The zero-order chi connectivity index (χ0) is 21.3. The maximum absolute atomic E-state index is 11.6. The Labute approximate surface area is 176 Å². The second-order valence-electron chi connectivity index (χ2n) is 7.82. The molecule has 2 aliphatic rings. The molecule has 4 aromatic rings. The fourth-order valence-electron chi connectivity index (χ4n) is 5.34. The van der Waals surface area contributed by atoms with Gasteiger partial charge in [-0.25, -0.2) is 0 Å². The number of hydrogen-bond donors (Lipinski definition) is 0. The van der Waals surface area contributed by atoms with Gasteiger partial charge in [-0.1, -0.05) is 48.5 Å². The van der Waals surface area contributed by atoms with Crippen molar-refractivity contribution in [1.82, 2.24) is 0 Å². The lowest BCUT2D eigenvalue weighted by Crippen LogP contribution is -2.26. The molecule has 6 rings (SSSR count). The Morgan fingerprint density at radius 1 is 0.516 bits per heavy atom. The molecule has 0 heterocycles. The maximum Gasteiger partial charge on any atom is 0.269 e. The third-order valence-corrected chi connectivity index (χ3v) is 6.48. The molecule has 0 atom stereocenters. The van der Waals surface area contributed by atoms with E-state index in [1.165, 1.54) is 12.1 Å². The topological polar surface area (TPSA) is 86.3 Å². The summed E-state index contributed by atoms with van der Waals surface area (Å²) in [6.45, 7) is 0. The van der Waals surface area contributed by atoms with E-state index < -0.39 is 15.3 Å². The number of fused-ring (bicyclic) bond motifs is 10. The molecule has 31 heavy (non-hydrogen) atoms. The summed E-state index contributed by atoms with van der Waals surface area (Å²) in [6, 6.07) is 25.7. The van der Waals surface area contributed by atoms with Crippen LogP contribution in [0.2, 0.25) is 0 Å². The quantitative estimate of drug-likeness (QED) is 0.267. The van der Waals surface area contributed by atoms with Crippen molar-refractivity contribution in [3.05, 3.63) is 127 Å². The highest BCUT2D eigenvalue weighted by Crippen LogP contribution is 2.63. The Morgan fingerprint density at radius 3 is 1.32 bits per heavy atom. The van der Waals surface area contributed by atoms with Gasteiger partial charge in [-0.3, -0.25) is 20.2 Å². The van der Waals surface area contributed by atoms with Crippen molar-refractivity contribution in [3.63, 3.8) is 0 Å². The van der Waals surface area contributed by atoms with E-state index in [1.807, 2.05) is 48.5 Å². The van der Waals surface area contributed by atoms with Crippen LogP contribution in [-0.4, -0.2) is 9.85 Å². The average Bonchev–Trinajstić information content (AvgIpc) is 3.25. The molecular weight excluding hydrogens is 392 g/mol. The van der Waals surface area contributed by atoms with Crippen LogP contribution >= 0.6 is 0 Å². The van der Waals surface area contributed by atoms with Gasteiger partial charge < -0.3 is 0 Å². The van der Waals surface area contributed by atoms with Crippen molar-refractivity contribution in [2.45, 2.75) is 5.41 Å². The van der Waals surface area contributed by atoms with E-state index in [0.717, 1.165) is 44.5 Å². The molecule has 1 spiro atoms. The fraction of sp³-hybridized carbons (Fsp3) is 0.0400. The number of nitrogens with zero attached hydrogens (tertiary/aromatic N) is 2. The predicted molar refractivity (Wildman–Crippen MR) is 116 cm³/mol. The van der Waals surface area contributed by atoms with E-state index in [1.54, 1.807) is 24.3 Å². The highest BCUT2D eigenvalue weighted by Gasteiger charge is 2.52. The third-order valence-electron chi connectivity index (χ3n) is 6.48. The second kappa shape index (κ2) is 5.86. The minimum absolute atomic E-state index is 0.00212. The fourth-order valence-corrected chi connectivity index (χ4v) is 5.34. The van der Waals surface area contributed by atoms with Crippen LogP contribution in [0.5, 0.6) is 0 Å². The predicted octanol–water partition coefficient (Wildman–Crippen LogP) is 5.85. The second-order valence-corrected chi connectivity index (χ2v) is 7.82. The van der Waals surface area contributed by atoms with Gasteiger partial charge in [0, 0.05) is 24.3 Å². The Morgan fingerprint density at radius 2 is 0.903 bits per heavy atom. The molecule has 0 saturated carbocycles. The first-order chi connectivity index (χ1) is 15.0. The highest BCUT2D eigenvalue weighted by atomic mass is 16.6. The number of nitro benzene ring substituents is 2. The van der Waals surface area contributed by atoms with Crippen molar-refractivity contribution < 1.29 is 9.85 Å². The van der Waals surface area contributed by atoms with E-state index in [9.17, 15) is 20.2 Å². The van der Waals surface area contributed by atoms with E-state index in [-0.39, 0.29) is 11.4 Å². The first-order valence-corrected chi connectivity index (χ1v) is 9.81. The van der Waals surface area contributed by atoms with Crippen molar-refractivity contribution in [2.24, 2.45) is 0 Å². The Hall–Kier alpha value is -4.32. The minimum Gasteiger partial charge on any atom is -0.258 e. The first-order valence-electron chi connectivity index (χ1n) is 9.81. The van der Waals surface area contributed by atoms with Gasteiger partial charge in [0.25, 0.3) is 11.4 Å². The standard InChI is InChI=1S/C25H14N2O4/c28-26(29)15-9-11-19-17-5-1-3-7-21(17)25(23(19)13-15)22-8-4-2-6-18(22)20-12-10-16(27(30)31)14-24(20)25/h1-14H. The smallest absolute Gasteiger partial charge is 0.258 e. The Balaban J connectivity index is 1.83. The van der Waals surface area contributed by atoms with E-state index in [2.05, 4.69) is 0 Å². The summed E-state index contributed by atoms with van der Waals surface area (Å²) < 4.78 is 0. The van der Waals surface area contributed by atoms with Gasteiger partial charge in [0.05, 0.1) is 15.3 Å². The number of benzene rings is 4. The summed E-state index contributed by atoms with van der Waals surface area (Å²) in [5.74, 6) is 0. The lowest BCUT2D eigenvalue weighted by molar-refractivity contribution is -0.385. The van der Waals surface area contributed by atoms with Gasteiger partial charge >= 0.3 is 0 Å². The van der Waals surface area contributed by atoms with Crippen molar-refractivity contribution in [1.29, 1.82) is 0 Å². The molecule has 4 aromatic carbocycles. The van der Waals surface area contributed by atoms with Crippen LogP contribution in [-0.2, 0) is 5.41 Å². The number of nitro groups is 2. The van der Waals surface area contributed by atoms with Gasteiger partial charge in [0.15, 0.2) is 0 Å². The Kier molecular flexibility index (Phi) is 3.31. The molecule has 0 aromatic heterocycles. The molecule has 6 nitrogen and oxygen atoms in total. The summed E-state index contributed by atoms with van der Waals surface area (Å²) in [6.07, 6.45) is 0. The summed E-state index contributed by atoms with van der Waals surface area (Å²) >= 11 is 0. The van der Waals surface area contributed by atoms with Gasteiger partial charge in [-0.05, 0) is 56.6 Å². The number of hydrogen-bond acceptors (Lipinski definition) is 4. The lowest BCUT2D eigenvalue weighted by atomic mass is 9.70.